The van der Waals surface area contributed by atoms with E-state index in [2.05, 4.69) is 14.9 Å². The highest BCUT2D eigenvalue weighted by atomic mass is 16.6. The Morgan fingerprint density at radius 3 is 2.79 bits per heavy atom. The minimum Gasteiger partial charge on any atom is -0.486 e. The summed E-state index contributed by atoms with van der Waals surface area (Å²) in [7, 11) is 0. The molecule has 1 saturated heterocycles. The highest BCUT2D eigenvalue weighted by molar-refractivity contribution is 5.79. The first-order valence-corrected chi connectivity index (χ1v) is 9.94. The van der Waals surface area contributed by atoms with Gasteiger partial charge in [0.25, 0.3) is 0 Å². The number of rotatable bonds is 5. The Morgan fingerprint density at radius 2 is 2.00 bits per heavy atom. The van der Waals surface area contributed by atoms with Gasteiger partial charge in [-0.25, -0.2) is 9.97 Å². The Labute approximate surface area is 165 Å². The number of hydrogen-bond acceptors (Lipinski definition) is 6. The van der Waals surface area contributed by atoms with Crippen molar-refractivity contribution in [2.45, 2.75) is 25.9 Å². The van der Waals surface area contributed by atoms with Crippen molar-refractivity contribution in [3.05, 3.63) is 42.7 Å². The number of para-hydroxylation sites is 2. The van der Waals surface area contributed by atoms with E-state index in [1.165, 1.54) is 0 Å². The molecule has 0 N–H and O–H groups in total. The zero-order chi connectivity index (χ0) is 19.3. The van der Waals surface area contributed by atoms with Crippen molar-refractivity contribution in [2.24, 2.45) is 5.92 Å². The molecule has 0 saturated carbocycles. The monoisotopic (exact) mass is 382 g/mol. The number of fused-ring (bicyclic) bond motifs is 1. The Balaban J connectivity index is 1.38. The lowest BCUT2D eigenvalue weighted by Crippen LogP contribution is -2.49. The van der Waals surface area contributed by atoms with Gasteiger partial charge >= 0.3 is 0 Å². The predicted octanol–water partition coefficient (Wildman–Crippen LogP) is 2.38. The van der Waals surface area contributed by atoms with Crippen molar-refractivity contribution in [3.63, 3.8) is 0 Å². The van der Waals surface area contributed by atoms with Crippen molar-refractivity contribution in [1.29, 1.82) is 0 Å². The fraction of sp³-hybridized carbons (Fsp3) is 0.476. The molecule has 7 nitrogen and oxygen atoms in total. The van der Waals surface area contributed by atoms with Crippen molar-refractivity contribution >= 4 is 11.9 Å². The third-order valence-corrected chi connectivity index (χ3v) is 5.29. The van der Waals surface area contributed by atoms with Crippen LogP contribution in [0, 0.1) is 5.92 Å². The molecule has 28 heavy (non-hydrogen) atoms. The quantitative estimate of drug-likeness (QED) is 0.791. The lowest BCUT2D eigenvalue weighted by Gasteiger charge is -2.36. The van der Waals surface area contributed by atoms with Crippen LogP contribution in [0.1, 0.15) is 19.8 Å². The fourth-order valence-electron chi connectivity index (χ4n) is 3.85. The molecule has 0 spiro atoms. The van der Waals surface area contributed by atoms with Gasteiger partial charge in [0.1, 0.15) is 6.61 Å². The minimum absolute atomic E-state index is 0.0469. The number of hydrogen-bond donors (Lipinski definition) is 0. The molecule has 3 heterocycles. The third-order valence-electron chi connectivity index (χ3n) is 5.29. The lowest BCUT2D eigenvalue weighted by atomic mass is 9.96. The largest absolute Gasteiger partial charge is 0.486 e. The first-order valence-electron chi connectivity index (χ1n) is 9.94. The summed E-state index contributed by atoms with van der Waals surface area (Å²) in [6, 6.07) is 9.46. The highest BCUT2D eigenvalue weighted by Gasteiger charge is 2.32. The Hall–Kier alpha value is -2.83. The summed E-state index contributed by atoms with van der Waals surface area (Å²) in [4.78, 5) is 25.8. The molecular weight excluding hydrogens is 356 g/mol. The summed E-state index contributed by atoms with van der Waals surface area (Å²) in [5.41, 5.74) is 0. The number of ether oxygens (including phenoxy) is 2. The Kier molecular flexibility index (Phi) is 5.60. The molecule has 1 amide bonds. The van der Waals surface area contributed by atoms with Gasteiger partial charge in [-0.15, -0.1) is 0 Å². The van der Waals surface area contributed by atoms with E-state index in [0.29, 0.717) is 32.2 Å². The van der Waals surface area contributed by atoms with Crippen LogP contribution in [0.2, 0.25) is 0 Å². The maximum absolute atomic E-state index is 13.2. The Morgan fingerprint density at radius 1 is 1.21 bits per heavy atom. The van der Waals surface area contributed by atoms with Crippen LogP contribution >= 0.6 is 0 Å². The van der Waals surface area contributed by atoms with Gasteiger partial charge in [-0.2, -0.15) is 0 Å². The Bertz CT molecular complexity index is 801. The summed E-state index contributed by atoms with van der Waals surface area (Å²) in [5, 5.41) is 0. The molecule has 1 fully saturated rings. The molecule has 2 aliphatic rings. The molecule has 1 aromatic heterocycles. The fourth-order valence-corrected chi connectivity index (χ4v) is 3.85. The van der Waals surface area contributed by atoms with E-state index >= 15 is 0 Å². The van der Waals surface area contributed by atoms with Gasteiger partial charge < -0.3 is 19.3 Å². The normalized spacial score (nSPS) is 21.2. The van der Waals surface area contributed by atoms with Crippen LogP contribution in [0.5, 0.6) is 11.5 Å². The first kappa shape index (κ1) is 18.5. The van der Waals surface area contributed by atoms with E-state index in [0.717, 1.165) is 30.9 Å². The average Bonchev–Trinajstić information content (AvgIpc) is 2.77. The second kappa shape index (κ2) is 8.46. The summed E-state index contributed by atoms with van der Waals surface area (Å²) in [6.45, 7) is 5.19. The van der Waals surface area contributed by atoms with Crippen LogP contribution in [0.4, 0.5) is 5.95 Å². The van der Waals surface area contributed by atoms with Crippen LogP contribution < -0.4 is 14.4 Å². The molecule has 7 heteroatoms. The molecule has 2 aliphatic heterocycles. The van der Waals surface area contributed by atoms with Gasteiger partial charge in [0.05, 0.1) is 12.5 Å². The van der Waals surface area contributed by atoms with Crippen LogP contribution in [-0.4, -0.2) is 59.7 Å². The SMILES string of the molecule is CCN(CC1COc2ccccc2O1)C(=O)C1CCCN(c2ncccn2)C1. The number of piperidine rings is 1. The van der Waals surface area contributed by atoms with E-state index in [9.17, 15) is 4.79 Å². The third kappa shape index (κ3) is 4.03. The molecule has 1 aromatic carbocycles. The summed E-state index contributed by atoms with van der Waals surface area (Å²) < 4.78 is 11.8. The molecule has 2 aromatic rings. The zero-order valence-corrected chi connectivity index (χ0v) is 16.2. The summed E-state index contributed by atoms with van der Waals surface area (Å²) in [6.07, 6.45) is 5.18. The van der Waals surface area contributed by atoms with Gasteiger partial charge in [-0.1, -0.05) is 12.1 Å². The van der Waals surface area contributed by atoms with Crippen molar-refractivity contribution < 1.29 is 14.3 Å². The van der Waals surface area contributed by atoms with Crippen LogP contribution in [0.15, 0.2) is 42.7 Å². The number of carbonyl (C=O) groups excluding carboxylic acids is 1. The maximum Gasteiger partial charge on any atom is 0.227 e. The van der Waals surface area contributed by atoms with Crippen molar-refractivity contribution in [2.75, 3.05) is 37.7 Å². The standard InChI is InChI=1S/C21H26N4O3/c1-2-24(14-17-15-27-18-8-3-4-9-19(18)28-17)20(26)16-7-5-12-25(13-16)21-22-10-6-11-23-21/h3-4,6,8-11,16-17H,2,5,7,12-15H2,1H3. The molecule has 0 aliphatic carbocycles. The molecule has 2 atom stereocenters. The van der Waals surface area contributed by atoms with Crippen LogP contribution in [-0.2, 0) is 4.79 Å². The lowest BCUT2D eigenvalue weighted by molar-refractivity contribution is -0.137. The van der Waals surface area contributed by atoms with E-state index in [4.69, 9.17) is 9.47 Å². The smallest absolute Gasteiger partial charge is 0.227 e. The maximum atomic E-state index is 13.2. The predicted molar refractivity (Wildman–Crippen MR) is 106 cm³/mol. The number of benzene rings is 1. The summed E-state index contributed by atoms with van der Waals surface area (Å²) in [5.74, 6) is 2.33. The number of carbonyl (C=O) groups is 1. The second-order valence-electron chi connectivity index (χ2n) is 7.21. The van der Waals surface area contributed by atoms with Gasteiger partial charge in [-0.3, -0.25) is 4.79 Å². The van der Waals surface area contributed by atoms with E-state index < -0.39 is 0 Å². The second-order valence-corrected chi connectivity index (χ2v) is 7.21. The minimum atomic E-state index is -0.157. The van der Waals surface area contributed by atoms with Crippen LogP contribution in [0.25, 0.3) is 0 Å². The van der Waals surface area contributed by atoms with Crippen LogP contribution in [0.3, 0.4) is 0 Å². The summed E-state index contributed by atoms with van der Waals surface area (Å²) >= 11 is 0. The molecular formula is C21H26N4O3. The number of nitrogens with zero attached hydrogens (tertiary/aromatic N) is 4. The number of anilines is 1. The first-order chi connectivity index (χ1) is 13.7. The van der Waals surface area contributed by atoms with Gasteiger partial charge in [0.2, 0.25) is 11.9 Å². The van der Waals surface area contributed by atoms with Crippen molar-refractivity contribution in [3.8, 4) is 11.5 Å². The average molecular weight is 382 g/mol. The molecule has 0 radical (unpaired) electrons. The molecule has 0 bridgehead atoms. The topological polar surface area (TPSA) is 67.8 Å². The number of aromatic nitrogens is 2. The van der Waals surface area contributed by atoms with E-state index in [1.807, 2.05) is 36.1 Å². The van der Waals surface area contributed by atoms with E-state index in [-0.39, 0.29) is 17.9 Å². The molecule has 2 unspecified atom stereocenters. The molecule has 4 rings (SSSR count). The highest BCUT2D eigenvalue weighted by Crippen LogP contribution is 2.31. The van der Waals surface area contributed by atoms with Gasteiger partial charge in [0.15, 0.2) is 17.6 Å². The zero-order valence-electron chi connectivity index (χ0n) is 16.2. The van der Waals surface area contributed by atoms with Gasteiger partial charge in [0, 0.05) is 32.0 Å². The molecule has 148 valence electrons. The number of likely N-dealkylation sites (N-methyl/N-ethyl adjacent to an activating group) is 1. The van der Waals surface area contributed by atoms with E-state index in [1.54, 1.807) is 18.5 Å². The number of amides is 1. The van der Waals surface area contributed by atoms with Gasteiger partial charge in [-0.05, 0) is 38.0 Å². The van der Waals surface area contributed by atoms with Crippen molar-refractivity contribution in [1.82, 2.24) is 14.9 Å².